The average Bonchev–Trinajstić information content (AvgIpc) is 3.18. The molecule has 0 radical (unpaired) electrons. The molecule has 7 nitrogen and oxygen atoms in total. The predicted molar refractivity (Wildman–Crippen MR) is 151 cm³/mol. The Bertz CT molecular complexity index is 1520. The van der Waals surface area contributed by atoms with Gasteiger partial charge in [0.2, 0.25) is 0 Å². The number of halogens is 1. The van der Waals surface area contributed by atoms with Crippen LogP contribution in [0.5, 0.6) is 11.5 Å². The summed E-state index contributed by atoms with van der Waals surface area (Å²) in [6, 6.07) is 32.3. The lowest BCUT2D eigenvalue weighted by Crippen LogP contribution is -2.32. The lowest BCUT2D eigenvalue weighted by molar-refractivity contribution is -0.120. The van der Waals surface area contributed by atoms with Crippen LogP contribution in [-0.2, 0) is 16.0 Å². The molecule has 0 spiro atoms. The van der Waals surface area contributed by atoms with E-state index in [2.05, 4.69) is 10.6 Å². The molecule has 1 aliphatic heterocycles. The number of hydrogen-bond acceptors (Lipinski definition) is 5. The number of benzene rings is 4. The van der Waals surface area contributed by atoms with Crippen molar-refractivity contribution in [2.75, 3.05) is 16.8 Å². The van der Waals surface area contributed by atoms with E-state index in [0.717, 1.165) is 16.9 Å². The number of carbonyl (C=O) groups excluding carboxylic acids is 3. The molecule has 39 heavy (non-hydrogen) atoms. The van der Waals surface area contributed by atoms with Gasteiger partial charge in [0, 0.05) is 17.8 Å². The van der Waals surface area contributed by atoms with Crippen molar-refractivity contribution >= 4 is 40.7 Å². The minimum Gasteiger partial charge on any atom is -0.457 e. The van der Waals surface area contributed by atoms with Crippen LogP contribution >= 0.6 is 11.6 Å². The lowest BCUT2D eigenvalue weighted by Gasteiger charge is -2.16. The molecule has 0 unspecified atom stereocenters. The van der Waals surface area contributed by atoms with Gasteiger partial charge in [0.05, 0.1) is 5.69 Å². The van der Waals surface area contributed by atoms with E-state index < -0.39 is 11.8 Å². The number of imide groups is 1. The zero-order valence-corrected chi connectivity index (χ0v) is 21.5. The highest BCUT2D eigenvalue weighted by molar-refractivity contribution is 6.53. The number of nitrogens with one attached hydrogen (secondary N) is 2. The first-order valence-electron chi connectivity index (χ1n) is 12.3. The standard InChI is InChI=1S/C31H24ClN3O4/c32-27-28(34-23-13-11-22(12-14-23)29(36)33-20-19-21-7-3-1-4-8-21)31(38)35(30(27)37)24-15-17-26(18-16-24)39-25-9-5-2-6-10-25/h1-18,34H,19-20H2,(H,33,36). The Morgan fingerprint density at radius 3 is 2.03 bits per heavy atom. The second kappa shape index (κ2) is 11.7. The van der Waals surface area contributed by atoms with Crippen molar-refractivity contribution in [1.29, 1.82) is 0 Å². The molecule has 0 fully saturated rings. The molecule has 0 bridgehead atoms. The number of para-hydroxylation sites is 1. The summed E-state index contributed by atoms with van der Waals surface area (Å²) >= 11 is 6.26. The third-order valence-corrected chi connectivity index (χ3v) is 6.41. The molecule has 0 aromatic heterocycles. The first-order valence-corrected chi connectivity index (χ1v) is 12.7. The van der Waals surface area contributed by atoms with Crippen LogP contribution in [0, 0.1) is 0 Å². The van der Waals surface area contributed by atoms with Crippen molar-refractivity contribution in [3.63, 3.8) is 0 Å². The number of nitrogens with zero attached hydrogens (tertiary/aromatic N) is 1. The topological polar surface area (TPSA) is 87.7 Å². The molecule has 0 aliphatic carbocycles. The summed E-state index contributed by atoms with van der Waals surface area (Å²) in [5.74, 6) is -0.177. The average molecular weight is 538 g/mol. The molecule has 8 heteroatoms. The molecule has 194 valence electrons. The van der Waals surface area contributed by atoms with Gasteiger partial charge in [0.25, 0.3) is 17.7 Å². The minimum atomic E-state index is -0.629. The van der Waals surface area contributed by atoms with E-state index in [1.165, 1.54) is 0 Å². The molecule has 2 N–H and O–H groups in total. The van der Waals surface area contributed by atoms with Crippen LogP contribution in [0.3, 0.4) is 0 Å². The van der Waals surface area contributed by atoms with Crippen molar-refractivity contribution in [1.82, 2.24) is 5.32 Å². The highest BCUT2D eigenvalue weighted by atomic mass is 35.5. The number of ether oxygens (including phenoxy) is 1. The summed E-state index contributed by atoms with van der Waals surface area (Å²) in [5.41, 5.74) is 2.46. The van der Waals surface area contributed by atoms with Gasteiger partial charge in [-0.2, -0.15) is 0 Å². The number of rotatable bonds is 9. The Labute approximate surface area is 230 Å². The fourth-order valence-electron chi connectivity index (χ4n) is 4.05. The van der Waals surface area contributed by atoms with Gasteiger partial charge < -0.3 is 15.4 Å². The zero-order valence-electron chi connectivity index (χ0n) is 20.8. The van der Waals surface area contributed by atoms with Gasteiger partial charge in [0.1, 0.15) is 22.2 Å². The molecule has 3 amide bonds. The van der Waals surface area contributed by atoms with Crippen molar-refractivity contribution in [2.24, 2.45) is 0 Å². The molecule has 5 rings (SSSR count). The maximum absolute atomic E-state index is 13.1. The van der Waals surface area contributed by atoms with Crippen LogP contribution in [0.2, 0.25) is 0 Å². The van der Waals surface area contributed by atoms with Gasteiger partial charge in [-0.1, -0.05) is 60.1 Å². The van der Waals surface area contributed by atoms with E-state index in [1.54, 1.807) is 48.5 Å². The molecule has 1 aliphatic rings. The third kappa shape index (κ3) is 6.00. The normalized spacial score (nSPS) is 13.0. The first-order chi connectivity index (χ1) is 19.0. The van der Waals surface area contributed by atoms with Gasteiger partial charge in [-0.05, 0) is 72.6 Å². The Balaban J connectivity index is 1.20. The number of amides is 3. The van der Waals surface area contributed by atoms with Gasteiger partial charge in [0.15, 0.2) is 0 Å². The first kappa shape index (κ1) is 25.8. The van der Waals surface area contributed by atoms with E-state index in [4.69, 9.17) is 16.3 Å². The van der Waals surface area contributed by atoms with Gasteiger partial charge in [-0.15, -0.1) is 0 Å². The molecule has 0 saturated heterocycles. The van der Waals surface area contributed by atoms with E-state index in [0.29, 0.717) is 35.0 Å². The second-order valence-corrected chi connectivity index (χ2v) is 9.12. The Morgan fingerprint density at radius 1 is 0.744 bits per heavy atom. The summed E-state index contributed by atoms with van der Waals surface area (Å²) in [5, 5.41) is 5.61. The van der Waals surface area contributed by atoms with Gasteiger partial charge >= 0.3 is 0 Å². The minimum absolute atomic E-state index is 0.0358. The molecule has 0 atom stereocenters. The van der Waals surface area contributed by atoms with Gasteiger partial charge in [-0.3, -0.25) is 14.4 Å². The highest BCUT2D eigenvalue weighted by Gasteiger charge is 2.39. The van der Waals surface area contributed by atoms with Crippen molar-refractivity contribution < 1.29 is 19.1 Å². The molecular weight excluding hydrogens is 514 g/mol. The monoisotopic (exact) mass is 537 g/mol. The summed E-state index contributed by atoms with van der Waals surface area (Å²) in [6.07, 6.45) is 0.730. The third-order valence-electron chi connectivity index (χ3n) is 6.06. The quantitative estimate of drug-likeness (QED) is 0.260. The molecule has 1 heterocycles. The van der Waals surface area contributed by atoms with Crippen LogP contribution < -0.4 is 20.3 Å². The fourth-order valence-corrected chi connectivity index (χ4v) is 4.26. The van der Waals surface area contributed by atoms with Crippen LogP contribution in [0.25, 0.3) is 0 Å². The SMILES string of the molecule is O=C(NCCc1ccccc1)c1ccc(NC2=C(Cl)C(=O)N(c3ccc(Oc4ccccc4)cc3)C2=O)cc1. The maximum Gasteiger partial charge on any atom is 0.283 e. The highest BCUT2D eigenvalue weighted by Crippen LogP contribution is 2.32. The van der Waals surface area contributed by atoms with Crippen molar-refractivity contribution in [2.45, 2.75) is 6.42 Å². The predicted octanol–water partition coefficient (Wildman–Crippen LogP) is 5.89. The molecule has 0 saturated carbocycles. The molecular formula is C31H24ClN3O4. The maximum atomic E-state index is 13.1. The zero-order chi connectivity index (χ0) is 27.2. The van der Waals surface area contributed by atoms with Gasteiger partial charge in [-0.25, -0.2) is 4.90 Å². The van der Waals surface area contributed by atoms with E-state index >= 15 is 0 Å². The lowest BCUT2D eigenvalue weighted by atomic mass is 10.1. The summed E-state index contributed by atoms with van der Waals surface area (Å²) in [6.45, 7) is 0.511. The molecule has 4 aromatic carbocycles. The largest absolute Gasteiger partial charge is 0.457 e. The Morgan fingerprint density at radius 2 is 1.36 bits per heavy atom. The summed E-state index contributed by atoms with van der Waals surface area (Å²) in [7, 11) is 0. The smallest absolute Gasteiger partial charge is 0.283 e. The summed E-state index contributed by atoms with van der Waals surface area (Å²) < 4.78 is 5.77. The van der Waals surface area contributed by atoms with Crippen LogP contribution in [0.15, 0.2) is 120 Å². The van der Waals surface area contributed by atoms with E-state index in [9.17, 15) is 14.4 Å². The fraction of sp³-hybridized carbons (Fsp3) is 0.0645. The van der Waals surface area contributed by atoms with E-state index in [-0.39, 0.29) is 16.6 Å². The van der Waals surface area contributed by atoms with Crippen LogP contribution in [-0.4, -0.2) is 24.3 Å². The van der Waals surface area contributed by atoms with Crippen molar-refractivity contribution in [3.8, 4) is 11.5 Å². The Hall–Kier alpha value is -4.88. The van der Waals surface area contributed by atoms with Crippen molar-refractivity contribution in [3.05, 3.63) is 131 Å². The second-order valence-electron chi connectivity index (χ2n) is 8.74. The molecule has 4 aromatic rings. The Kier molecular flexibility index (Phi) is 7.70. The number of carbonyl (C=O) groups is 3. The van der Waals surface area contributed by atoms with E-state index in [1.807, 2.05) is 60.7 Å². The van der Waals surface area contributed by atoms with Crippen LogP contribution in [0.4, 0.5) is 11.4 Å². The van der Waals surface area contributed by atoms with Crippen LogP contribution in [0.1, 0.15) is 15.9 Å². The number of hydrogen-bond donors (Lipinski definition) is 2. The summed E-state index contributed by atoms with van der Waals surface area (Å²) in [4.78, 5) is 39.4. The number of anilines is 2.